The molecular weight excluding hydrogens is 228 g/mol. The molecule has 18 heavy (non-hydrogen) atoms. The molecule has 3 rings (SSSR count). The zero-order chi connectivity index (χ0) is 13.0. The highest BCUT2D eigenvalue weighted by atomic mass is 16.6. The van der Waals surface area contributed by atoms with E-state index in [-0.39, 0.29) is 29.7 Å². The standard InChI is InChI=1S/C15H16O3/c1-7-4-12(16)14-8(2)5-13-11(6-10(7)14)9(3)15(17)18-13/h4,6,9,11,13H,5H2,1-3H3/t9-,11-,13-/m0/s1. The van der Waals surface area contributed by atoms with Gasteiger partial charge in [0.2, 0.25) is 0 Å². The van der Waals surface area contributed by atoms with Gasteiger partial charge in [-0.3, -0.25) is 9.59 Å². The maximum atomic E-state index is 12.0. The summed E-state index contributed by atoms with van der Waals surface area (Å²) >= 11 is 0. The van der Waals surface area contributed by atoms with E-state index >= 15 is 0 Å². The Kier molecular flexibility index (Phi) is 2.34. The van der Waals surface area contributed by atoms with Crippen molar-refractivity contribution in [2.45, 2.75) is 33.3 Å². The SMILES string of the molecule is CC1=CC(=O)C2=C(C)C[C@@H]3OC(=O)[C@@H](C)[C@@H]3C=C12. The summed E-state index contributed by atoms with van der Waals surface area (Å²) in [6.07, 6.45) is 4.33. The maximum Gasteiger partial charge on any atom is 0.309 e. The lowest BCUT2D eigenvalue weighted by Gasteiger charge is -2.14. The normalized spacial score (nSPS) is 34.7. The minimum Gasteiger partial charge on any atom is -0.461 e. The molecule has 1 fully saturated rings. The molecule has 0 amide bonds. The molecule has 1 heterocycles. The molecule has 0 aromatic heterocycles. The summed E-state index contributed by atoms with van der Waals surface area (Å²) in [5.74, 6) is -0.0494. The average Bonchev–Trinajstić information content (AvgIpc) is 2.65. The largest absolute Gasteiger partial charge is 0.461 e. The quantitative estimate of drug-likeness (QED) is 0.614. The Labute approximate surface area is 106 Å². The minimum atomic E-state index is -0.121. The molecule has 0 unspecified atom stereocenters. The van der Waals surface area contributed by atoms with Crippen LogP contribution in [-0.4, -0.2) is 17.9 Å². The van der Waals surface area contributed by atoms with Gasteiger partial charge in [0.15, 0.2) is 5.78 Å². The van der Waals surface area contributed by atoms with Crippen LogP contribution in [0.2, 0.25) is 0 Å². The summed E-state index contributed by atoms with van der Waals surface area (Å²) in [6, 6.07) is 0. The van der Waals surface area contributed by atoms with Crippen molar-refractivity contribution in [1.82, 2.24) is 0 Å². The van der Waals surface area contributed by atoms with E-state index in [4.69, 9.17) is 4.74 Å². The molecule has 0 N–H and O–H groups in total. The van der Waals surface area contributed by atoms with E-state index in [9.17, 15) is 9.59 Å². The Morgan fingerprint density at radius 2 is 2.00 bits per heavy atom. The summed E-state index contributed by atoms with van der Waals surface area (Å²) in [5.41, 5.74) is 3.87. The Bertz CT molecular complexity index is 548. The summed E-state index contributed by atoms with van der Waals surface area (Å²) in [7, 11) is 0. The number of hydrogen-bond acceptors (Lipinski definition) is 3. The molecule has 3 aliphatic rings. The third-order valence-electron chi connectivity index (χ3n) is 4.23. The van der Waals surface area contributed by atoms with E-state index in [1.165, 1.54) is 0 Å². The first-order chi connectivity index (χ1) is 8.49. The van der Waals surface area contributed by atoms with E-state index in [2.05, 4.69) is 6.08 Å². The number of ether oxygens (including phenoxy) is 1. The fourth-order valence-corrected chi connectivity index (χ4v) is 3.17. The maximum absolute atomic E-state index is 12.0. The molecule has 0 spiro atoms. The number of allylic oxidation sites excluding steroid dienone is 4. The molecule has 2 aliphatic carbocycles. The van der Waals surface area contributed by atoms with Gasteiger partial charge in [-0.25, -0.2) is 0 Å². The van der Waals surface area contributed by atoms with Gasteiger partial charge in [0.25, 0.3) is 0 Å². The monoisotopic (exact) mass is 244 g/mol. The van der Waals surface area contributed by atoms with Gasteiger partial charge in [-0.15, -0.1) is 0 Å². The predicted octanol–water partition coefficient (Wildman–Crippen LogP) is 2.34. The Hall–Kier alpha value is -1.64. The summed E-state index contributed by atoms with van der Waals surface area (Å²) in [4.78, 5) is 23.6. The molecule has 3 heteroatoms. The first-order valence-electron chi connectivity index (χ1n) is 6.34. The molecule has 0 bridgehead atoms. The minimum absolute atomic E-state index is 0.0919. The molecule has 0 aromatic rings. The molecule has 0 aromatic carbocycles. The first-order valence-corrected chi connectivity index (χ1v) is 6.34. The smallest absolute Gasteiger partial charge is 0.309 e. The zero-order valence-electron chi connectivity index (χ0n) is 10.8. The van der Waals surface area contributed by atoms with Crippen LogP contribution in [-0.2, 0) is 14.3 Å². The van der Waals surface area contributed by atoms with Crippen LogP contribution >= 0.6 is 0 Å². The number of fused-ring (bicyclic) bond motifs is 2. The third-order valence-corrected chi connectivity index (χ3v) is 4.23. The highest BCUT2D eigenvalue weighted by Gasteiger charge is 2.43. The fourth-order valence-electron chi connectivity index (χ4n) is 3.17. The summed E-state index contributed by atoms with van der Waals surface area (Å²) in [6.45, 7) is 5.82. The van der Waals surface area contributed by atoms with Crippen molar-refractivity contribution in [3.63, 3.8) is 0 Å². The summed E-state index contributed by atoms with van der Waals surface area (Å²) < 4.78 is 5.42. The Morgan fingerprint density at radius 3 is 2.72 bits per heavy atom. The van der Waals surface area contributed by atoms with Crippen LogP contribution in [0.4, 0.5) is 0 Å². The van der Waals surface area contributed by atoms with Crippen LogP contribution in [0, 0.1) is 11.8 Å². The van der Waals surface area contributed by atoms with Crippen molar-refractivity contribution >= 4 is 11.8 Å². The van der Waals surface area contributed by atoms with Gasteiger partial charge in [0.1, 0.15) is 6.10 Å². The highest BCUT2D eigenvalue weighted by Crippen LogP contribution is 2.42. The number of esters is 1. The molecule has 0 radical (unpaired) electrons. The van der Waals surface area contributed by atoms with Gasteiger partial charge in [0, 0.05) is 17.9 Å². The van der Waals surface area contributed by atoms with Gasteiger partial charge >= 0.3 is 5.97 Å². The van der Waals surface area contributed by atoms with Crippen molar-refractivity contribution in [3.8, 4) is 0 Å². The van der Waals surface area contributed by atoms with Crippen molar-refractivity contribution in [2.75, 3.05) is 0 Å². The molecule has 0 saturated carbocycles. The topological polar surface area (TPSA) is 43.4 Å². The Balaban J connectivity index is 2.11. The van der Waals surface area contributed by atoms with Crippen molar-refractivity contribution in [2.24, 2.45) is 11.8 Å². The van der Waals surface area contributed by atoms with Crippen molar-refractivity contribution in [3.05, 3.63) is 34.4 Å². The lowest BCUT2D eigenvalue weighted by molar-refractivity contribution is -0.143. The molecule has 94 valence electrons. The second kappa shape index (κ2) is 3.67. The number of rotatable bonds is 0. The predicted molar refractivity (Wildman–Crippen MR) is 66.7 cm³/mol. The highest BCUT2D eigenvalue weighted by molar-refractivity contribution is 6.13. The van der Waals surface area contributed by atoms with Crippen molar-refractivity contribution < 1.29 is 14.3 Å². The van der Waals surface area contributed by atoms with Crippen LogP contribution in [0.25, 0.3) is 0 Å². The molecular formula is C15H16O3. The lowest BCUT2D eigenvalue weighted by atomic mass is 9.89. The third kappa shape index (κ3) is 1.43. The van der Waals surface area contributed by atoms with E-state index < -0.39 is 0 Å². The molecule has 1 saturated heterocycles. The van der Waals surface area contributed by atoms with Gasteiger partial charge in [-0.2, -0.15) is 0 Å². The van der Waals surface area contributed by atoms with E-state index in [0.717, 1.165) is 22.3 Å². The van der Waals surface area contributed by atoms with Crippen LogP contribution in [0.5, 0.6) is 0 Å². The zero-order valence-corrected chi connectivity index (χ0v) is 10.8. The van der Waals surface area contributed by atoms with Crippen LogP contribution < -0.4 is 0 Å². The second-order valence-corrected chi connectivity index (χ2v) is 5.47. The average molecular weight is 244 g/mol. The molecule has 1 aliphatic heterocycles. The van der Waals surface area contributed by atoms with E-state index in [1.54, 1.807) is 6.08 Å². The second-order valence-electron chi connectivity index (χ2n) is 5.47. The summed E-state index contributed by atoms with van der Waals surface area (Å²) in [5, 5.41) is 0. The van der Waals surface area contributed by atoms with E-state index in [0.29, 0.717) is 6.42 Å². The first kappa shape index (κ1) is 11.5. The lowest BCUT2D eigenvalue weighted by Crippen LogP contribution is -2.17. The number of carbonyl (C=O) groups is 2. The van der Waals surface area contributed by atoms with E-state index in [1.807, 2.05) is 20.8 Å². The van der Waals surface area contributed by atoms with Crippen LogP contribution in [0.1, 0.15) is 27.2 Å². The number of ketones is 1. The van der Waals surface area contributed by atoms with Gasteiger partial charge in [-0.1, -0.05) is 18.6 Å². The van der Waals surface area contributed by atoms with Gasteiger partial charge in [-0.05, 0) is 31.1 Å². The molecule has 3 nitrogen and oxygen atoms in total. The van der Waals surface area contributed by atoms with Gasteiger partial charge in [0.05, 0.1) is 5.92 Å². The van der Waals surface area contributed by atoms with Crippen molar-refractivity contribution in [1.29, 1.82) is 0 Å². The molecule has 3 atom stereocenters. The number of carbonyl (C=O) groups excluding carboxylic acids is 2. The van der Waals surface area contributed by atoms with Gasteiger partial charge < -0.3 is 4.74 Å². The fraction of sp³-hybridized carbons (Fsp3) is 0.467. The van der Waals surface area contributed by atoms with Crippen LogP contribution in [0.15, 0.2) is 34.4 Å². The number of hydrogen-bond donors (Lipinski definition) is 0. The van der Waals surface area contributed by atoms with Crippen LogP contribution in [0.3, 0.4) is 0 Å². The Morgan fingerprint density at radius 1 is 1.28 bits per heavy atom.